The Bertz CT molecular complexity index is 1540. The summed E-state index contributed by atoms with van der Waals surface area (Å²) in [7, 11) is 0. The fourth-order valence-electron chi connectivity index (χ4n) is 6.37. The summed E-state index contributed by atoms with van der Waals surface area (Å²) in [6, 6.07) is 23.1. The molecule has 5 nitrogen and oxygen atoms in total. The van der Waals surface area contributed by atoms with Crippen LogP contribution in [0.1, 0.15) is 60.1 Å². The van der Waals surface area contributed by atoms with Crippen LogP contribution < -0.4 is 15.1 Å². The van der Waals surface area contributed by atoms with E-state index in [0.717, 1.165) is 41.1 Å². The molecule has 4 aromatic rings. The Kier molecular flexibility index (Phi) is 7.32. The molecule has 0 radical (unpaired) electrons. The highest BCUT2D eigenvalue weighted by molar-refractivity contribution is 7.80. The van der Waals surface area contributed by atoms with Gasteiger partial charge in [0.25, 0.3) is 0 Å². The number of anilines is 2. The number of nitrogens with zero attached hydrogens (tertiary/aromatic N) is 4. The number of para-hydroxylation sites is 1. The molecule has 2 fully saturated rings. The number of thiocarbonyl (C=S) groups is 1. The summed E-state index contributed by atoms with van der Waals surface area (Å²) < 4.78 is 2.35. The molecular formula is C33H36ClN5S. The molecule has 2 atom stereocenters. The SMILES string of the molecule is Cc1ccccc1-n1c(C)cc(C2C(c3ccccn3)NC(=S)N2c2ccc(N3CCC(C)CC3)c(Cl)c2)c1C. The highest BCUT2D eigenvalue weighted by atomic mass is 35.5. The van der Waals surface area contributed by atoms with Gasteiger partial charge in [-0.25, -0.2) is 0 Å². The van der Waals surface area contributed by atoms with Gasteiger partial charge in [0, 0.05) is 42.0 Å². The summed E-state index contributed by atoms with van der Waals surface area (Å²) in [5.41, 5.74) is 9.08. The topological polar surface area (TPSA) is 36.3 Å². The van der Waals surface area contributed by atoms with Crippen LogP contribution in [0.2, 0.25) is 5.02 Å². The van der Waals surface area contributed by atoms with Crippen LogP contribution in [0.5, 0.6) is 0 Å². The van der Waals surface area contributed by atoms with Crippen molar-refractivity contribution in [3.63, 3.8) is 0 Å². The Labute approximate surface area is 247 Å². The van der Waals surface area contributed by atoms with Crippen LogP contribution in [0.15, 0.2) is 72.9 Å². The fraction of sp³-hybridized carbons (Fsp3) is 0.333. The molecule has 6 rings (SSSR count). The van der Waals surface area contributed by atoms with E-state index >= 15 is 0 Å². The Morgan fingerprint density at radius 2 is 1.68 bits per heavy atom. The zero-order valence-electron chi connectivity index (χ0n) is 23.6. The standard InChI is InChI=1S/C33H36ClN5S/c1-21-14-17-37(18-15-21)30-13-12-25(20-27(30)34)39-32(31(36-33(39)40)28-10-7-8-16-35-28)26-19-23(3)38(24(26)4)29-11-6-5-9-22(29)2/h5-13,16,19-21,31-32H,14-15,17-18H2,1-4H3,(H,36,40). The van der Waals surface area contributed by atoms with Crippen molar-refractivity contribution in [1.82, 2.24) is 14.9 Å². The third kappa shape index (κ3) is 4.77. The number of aryl methyl sites for hydroxylation is 2. The molecule has 2 unspecified atom stereocenters. The van der Waals surface area contributed by atoms with E-state index in [1.165, 1.54) is 41.0 Å². The maximum Gasteiger partial charge on any atom is 0.174 e. The third-order valence-corrected chi connectivity index (χ3v) is 9.19. The molecule has 206 valence electrons. The van der Waals surface area contributed by atoms with Crippen LogP contribution in [0, 0.1) is 26.7 Å². The highest BCUT2D eigenvalue weighted by Gasteiger charge is 2.42. The van der Waals surface area contributed by atoms with Gasteiger partial charge >= 0.3 is 0 Å². The van der Waals surface area contributed by atoms with Gasteiger partial charge in [-0.3, -0.25) is 4.98 Å². The van der Waals surface area contributed by atoms with E-state index < -0.39 is 0 Å². The van der Waals surface area contributed by atoms with Gasteiger partial charge in [-0.1, -0.05) is 42.8 Å². The van der Waals surface area contributed by atoms with Crippen molar-refractivity contribution in [1.29, 1.82) is 0 Å². The molecule has 2 aliphatic rings. The molecule has 40 heavy (non-hydrogen) atoms. The summed E-state index contributed by atoms with van der Waals surface area (Å²) in [5.74, 6) is 0.769. The van der Waals surface area contributed by atoms with Gasteiger partial charge in [0.15, 0.2) is 5.11 Å². The second-order valence-electron chi connectivity index (χ2n) is 11.3. The molecule has 0 amide bonds. The fourth-order valence-corrected chi connectivity index (χ4v) is 7.01. The van der Waals surface area contributed by atoms with Crippen LogP contribution in [-0.4, -0.2) is 27.8 Å². The number of pyridine rings is 1. The molecule has 4 heterocycles. The number of rotatable bonds is 5. The first kappa shape index (κ1) is 26.9. The lowest BCUT2D eigenvalue weighted by Gasteiger charge is -2.33. The van der Waals surface area contributed by atoms with E-state index in [2.05, 4.69) is 102 Å². The van der Waals surface area contributed by atoms with Gasteiger partial charge in [0.05, 0.1) is 28.5 Å². The Hall–Kier alpha value is -3.35. The van der Waals surface area contributed by atoms with Gasteiger partial charge in [0.2, 0.25) is 0 Å². The highest BCUT2D eigenvalue weighted by Crippen LogP contribution is 2.45. The number of aromatic nitrogens is 2. The van der Waals surface area contributed by atoms with Crippen LogP contribution >= 0.6 is 23.8 Å². The number of nitrogens with one attached hydrogen (secondary N) is 1. The summed E-state index contributed by atoms with van der Waals surface area (Å²) in [6.07, 6.45) is 4.24. The zero-order valence-corrected chi connectivity index (χ0v) is 25.1. The van der Waals surface area contributed by atoms with Crippen molar-refractivity contribution in [2.75, 3.05) is 22.9 Å². The monoisotopic (exact) mass is 569 g/mol. The van der Waals surface area contributed by atoms with E-state index in [1.54, 1.807) is 0 Å². The molecule has 7 heteroatoms. The first-order valence-corrected chi connectivity index (χ1v) is 14.9. The lowest BCUT2D eigenvalue weighted by atomic mass is 9.96. The van der Waals surface area contributed by atoms with Crippen molar-refractivity contribution in [3.8, 4) is 5.69 Å². The minimum atomic E-state index is -0.110. The molecule has 2 aromatic heterocycles. The van der Waals surface area contributed by atoms with Crippen LogP contribution in [0.3, 0.4) is 0 Å². The zero-order chi connectivity index (χ0) is 28.0. The van der Waals surface area contributed by atoms with Gasteiger partial charge in [-0.05, 0) is 105 Å². The second-order valence-corrected chi connectivity index (χ2v) is 12.0. The number of piperidine rings is 1. The molecule has 0 spiro atoms. The molecule has 2 aromatic carbocycles. The molecular weight excluding hydrogens is 534 g/mol. The third-order valence-electron chi connectivity index (χ3n) is 8.58. The van der Waals surface area contributed by atoms with Crippen molar-refractivity contribution in [2.24, 2.45) is 5.92 Å². The van der Waals surface area contributed by atoms with Crippen molar-refractivity contribution >= 4 is 40.3 Å². The molecule has 1 N–H and O–H groups in total. The lowest BCUT2D eigenvalue weighted by Crippen LogP contribution is -2.33. The van der Waals surface area contributed by atoms with Crippen LogP contribution in [-0.2, 0) is 0 Å². The molecule has 2 saturated heterocycles. The number of halogens is 1. The van der Waals surface area contributed by atoms with Gasteiger partial charge in [0.1, 0.15) is 0 Å². The maximum atomic E-state index is 6.98. The molecule has 0 bridgehead atoms. The van der Waals surface area contributed by atoms with Crippen LogP contribution in [0.25, 0.3) is 5.69 Å². The predicted octanol–water partition coefficient (Wildman–Crippen LogP) is 7.86. The first-order chi connectivity index (χ1) is 19.3. The predicted molar refractivity (Wildman–Crippen MR) is 170 cm³/mol. The van der Waals surface area contributed by atoms with E-state index in [-0.39, 0.29) is 12.1 Å². The van der Waals surface area contributed by atoms with Gasteiger partial charge < -0.3 is 19.7 Å². The molecule has 2 aliphatic heterocycles. The van der Waals surface area contributed by atoms with Crippen molar-refractivity contribution < 1.29 is 0 Å². The van der Waals surface area contributed by atoms with Crippen molar-refractivity contribution in [2.45, 2.75) is 52.6 Å². The quantitative estimate of drug-likeness (QED) is 0.247. The lowest BCUT2D eigenvalue weighted by molar-refractivity contribution is 0.438. The van der Waals surface area contributed by atoms with Gasteiger partial charge in [-0.15, -0.1) is 0 Å². The number of hydrogen-bond acceptors (Lipinski definition) is 3. The first-order valence-electron chi connectivity index (χ1n) is 14.1. The Morgan fingerprint density at radius 3 is 2.38 bits per heavy atom. The Morgan fingerprint density at radius 1 is 0.925 bits per heavy atom. The van der Waals surface area contributed by atoms with Crippen LogP contribution in [0.4, 0.5) is 11.4 Å². The number of benzene rings is 2. The summed E-state index contributed by atoms with van der Waals surface area (Å²) in [6.45, 7) is 11.0. The Balaban J connectivity index is 1.45. The molecule has 0 saturated carbocycles. The summed E-state index contributed by atoms with van der Waals surface area (Å²) >= 11 is 13.0. The van der Waals surface area contributed by atoms with E-state index in [9.17, 15) is 0 Å². The molecule has 0 aliphatic carbocycles. The average molecular weight is 570 g/mol. The van der Waals surface area contributed by atoms with E-state index in [1.807, 2.05) is 18.3 Å². The van der Waals surface area contributed by atoms with Gasteiger partial charge in [-0.2, -0.15) is 0 Å². The summed E-state index contributed by atoms with van der Waals surface area (Å²) in [5, 5.41) is 5.05. The van der Waals surface area contributed by atoms with Crippen molar-refractivity contribution in [3.05, 3.63) is 106 Å². The van der Waals surface area contributed by atoms with E-state index in [4.69, 9.17) is 28.8 Å². The minimum absolute atomic E-state index is 0.0934. The number of hydrogen-bond donors (Lipinski definition) is 1. The maximum absolute atomic E-state index is 6.98. The normalized spacial score (nSPS) is 19.8. The smallest absolute Gasteiger partial charge is 0.174 e. The largest absolute Gasteiger partial charge is 0.370 e. The van der Waals surface area contributed by atoms with E-state index in [0.29, 0.717) is 5.11 Å². The minimum Gasteiger partial charge on any atom is -0.370 e. The second kappa shape index (κ2) is 10.9. The summed E-state index contributed by atoms with van der Waals surface area (Å²) in [4.78, 5) is 9.38. The average Bonchev–Trinajstić information content (AvgIpc) is 3.45.